The second kappa shape index (κ2) is 12.0. The van der Waals surface area contributed by atoms with Gasteiger partial charge in [0.25, 0.3) is 5.91 Å². The van der Waals surface area contributed by atoms with Gasteiger partial charge < -0.3 is 20.1 Å². The van der Waals surface area contributed by atoms with Crippen LogP contribution in [0.2, 0.25) is 0 Å². The summed E-state index contributed by atoms with van der Waals surface area (Å²) in [4.78, 5) is 43.4. The van der Waals surface area contributed by atoms with Gasteiger partial charge in [-0.3, -0.25) is 19.4 Å². The van der Waals surface area contributed by atoms with E-state index in [9.17, 15) is 23.2 Å². The fourth-order valence-corrected chi connectivity index (χ4v) is 5.82. The molecular formula is C26H33F2N3O5S. The number of fused-ring (bicyclic) bond motifs is 1. The minimum Gasteiger partial charge on any atom is -0.481 e. The summed E-state index contributed by atoms with van der Waals surface area (Å²) in [5.74, 6) is -2.89. The number of nitrogens with zero attached hydrogens (tertiary/aromatic N) is 2. The van der Waals surface area contributed by atoms with E-state index in [4.69, 9.17) is 9.84 Å². The highest BCUT2D eigenvalue weighted by atomic mass is 32.3. The van der Waals surface area contributed by atoms with Crippen molar-refractivity contribution < 1.29 is 33.0 Å². The first kappa shape index (κ1) is 28.5. The summed E-state index contributed by atoms with van der Waals surface area (Å²) < 4.78 is 35.0. The number of methoxy groups -OCH3 is 1. The molecule has 0 radical (unpaired) electrons. The molecule has 1 atom stereocenters. The number of pyridine rings is 1. The number of carbonyl (C=O) groups is 3. The van der Waals surface area contributed by atoms with Crippen LogP contribution in [0, 0.1) is 11.6 Å². The highest BCUT2D eigenvalue weighted by molar-refractivity contribution is 8.32. The molecule has 11 heteroatoms. The third-order valence-electron chi connectivity index (χ3n) is 6.45. The normalized spacial score (nSPS) is 15.7. The van der Waals surface area contributed by atoms with Gasteiger partial charge in [0, 0.05) is 49.9 Å². The second-order valence-corrected chi connectivity index (χ2v) is 13.4. The van der Waals surface area contributed by atoms with Gasteiger partial charge in [-0.05, 0) is 42.9 Å². The first-order valence-corrected chi connectivity index (χ1v) is 14.6. The fourth-order valence-electron chi connectivity index (χ4n) is 4.36. The zero-order valence-corrected chi connectivity index (χ0v) is 22.3. The van der Waals surface area contributed by atoms with Gasteiger partial charge in [0.1, 0.15) is 17.7 Å². The van der Waals surface area contributed by atoms with E-state index >= 15 is 0 Å². The van der Waals surface area contributed by atoms with Crippen LogP contribution in [-0.4, -0.2) is 64.7 Å². The average molecular weight is 538 g/mol. The Balaban J connectivity index is 1.94. The Labute approximate surface area is 216 Å². The lowest BCUT2D eigenvalue weighted by atomic mass is 9.94. The van der Waals surface area contributed by atoms with Crippen LogP contribution in [0.5, 0.6) is 0 Å². The van der Waals surface area contributed by atoms with Gasteiger partial charge in [-0.15, -0.1) is 0 Å². The molecular weight excluding hydrogens is 504 g/mol. The lowest BCUT2D eigenvalue weighted by molar-refractivity contribution is -0.140. The predicted octanol–water partition coefficient (Wildman–Crippen LogP) is 4.27. The largest absolute Gasteiger partial charge is 0.481 e. The number of carbonyl (C=O) groups excluding carboxylic acids is 2. The van der Waals surface area contributed by atoms with Crippen LogP contribution in [0.15, 0.2) is 29.2 Å². The molecule has 0 fully saturated rings. The van der Waals surface area contributed by atoms with E-state index in [0.29, 0.717) is 29.1 Å². The van der Waals surface area contributed by atoms with Crippen LogP contribution in [0.3, 0.4) is 0 Å². The SMILES string of the molecule is CCS(C)(C)c1c(F)cc(NC(=O)[C@H]2c3ccc(COC)nc3CCN2C(=O)CCCC(=O)O)cc1F. The number of carboxylic acid groups (broad SMARTS) is 1. The number of carboxylic acids is 1. The molecule has 1 aromatic carbocycles. The van der Waals surface area contributed by atoms with Gasteiger partial charge >= 0.3 is 5.97 Å². The molecule has 8 nitrogen and oxygen atoms in total. The Bertz CT molecular complexity index is 1170. The molecule has 0 saturated carbocycles. The van der Waals surface area contributed by atoms with E-state index in [0.717, 1.165) is 12.1 Å². The maximum Gasteiger partial charge on any atom is 0.303 e. The molecule has 2 aromatic rings. The zero-order chi connectivity index (χ0) is 27.3. The number of hydrogen-bond acceptors (Lipinski definition) is 5. The van der Waals surface area contributed by atoms with Crippen molar-refractivity contribution in [3.05, 3.63) is 52.9 Å². The van der Waals surface area contributed by atoms with Crippen LogP contribution in [0.25, 0.3) is 0 Å². The van der Waals surface area contributed by atoms with Crippen molar-refractivity contribution in [1.29, 1.82) is 0 Å². The molecule has 3 rings (SSSR count). The van der Waals surface area contributed by atoms with Gasteiger partial charge in [-0.1, -0.05) is 13.0 Å². The average Bonchev–Trinajstić information content (AvgIpc) is 2.82. The quantitative estimate of drug-likeness (QED) is 0.469. The van der Waals surface area contributed by atoms with Crippen molar-refractivity contribution in [1.82, 2.24) is 9.88 Å². The molecule has 2 amide bonds. The summed E-state index contributed by atoms with van der Waals surface area (Å²) in [5, 5.41) is 11.5. The minimum absolute atomic E-state index is 0.0288. The smallest absolute Gasteiger partial charge is 0.303 e. The molecule has 2 heterocycles. The Morgan fingerprint density at radius 3 is 2.46 bits per heavy atom. The standard InChI is InChI=1S/C26H33F2N3O5S/c1-5-37(3,4)25-19(27)13-17(14-20(25)28)30-26(35)24-18-10-9-16(15-36-2)29-21(18)11-12-31(24)22(32)7-6-8-23(33)34/h9-10,13-14,24H,5-8,11-12,15H2,1-4H3,(H,30,35)(H,33,34)/t24-/m1/s1. The highest BCUT2D eigenvalue weighted by Crippen LogP contribution is 2.51. The number of aliphatic carboxylic acids is 1. The molecule has 1 aromatic heterocycles. The molecule has 0 aliphatic carbocycles. The van der Waals surface area contributed by atoms with Crippen LogP contribution in [0.1, 0.15) is 49.2 Å². The molecule has 0 saturated heterocycles. The topological polar surface area (TPSA) is 109 Å². The molecule has 0 bridgehead atoms. The van der Waals surface area contributed by atoms with Crippen molar-refractivity contribution in [2.75, 3.05) is 37.2 Å². The number of hydrogen-bond donors (Lipinski definition) is 2. The van der Waals surface area contributed by atoms with Gasteiger partial charge in [0.15, 0.2) is 0 Å². The van der Waals surface area contributed by atoms with Crippen LogP contribution < -0.4 is 5.32 Å². The zero-order valence-electron chi connectivity index (χ0n) is 21.5. The number of aromatic nitrogens is 1. The summed E-state index contributed by atoms with van der Waals surface area (Å²) in [6, 6.07) is 4.51. The number of nitrogens with one attached hydrogen (secondary N) is 1. The molecule has 1 aliphatic rings. The predicted molar refractivity (Wildman–Crippen MR) is 138 cm³/mol. The van der Waals surface area contributed by atoms with Gasteiger partial charge in [0.05, 0.1) is 17.2 Å². The third-order valence-corrected chi connectivity index (χ3v) is 9.38. The number of amides is 2. The van der Waals surface area contributed by atoms with Crippen molar-refractivity contribution in [3.63, 3.8) is 0 Å². The highest BCUT2D eigenvalue weighted by Gasteiger charge is 2.37. The van der Waals surface area contributed by atoms with Gasteiger partial charge in [-0.25, -0.2) is 18.8 Å². The van der Waals surface area contributed by atoms with E-state index in [1.54, 1.807) is 19.2 Å². The van der Waals surface area contributed by atoms with Crippen LogP contribution >= 0.6 is 10.0 Å². The number of anilines is 1. The molecule has 37 heavy (non-hydrogen) atoms. The van der Waals surface area contributed by atoms with E-state index in [-0.39, 0.29) is 48.9 Å². The fraction of sp³-hybridized carbons (Fsp3) is 0.462. The Hall–Kier alpha value is -3.05. The summed E-state index contributed by atoms with van der Waals surface area (Å²) in [7, 11) is -0.142. The second-order valence-electron chi connectivity index (χ2n) is 9.34. The molecule has 0 unspecified atom stereocenters. The monoisotopic (exact) mass is 537 g/mol. The van der Waals surface area contributed by atoms with Crippen molar-refractivity contribution in [3.8, 4) is 0 Å². The lowest BCUT2D eigenvalue weighted by Gasteiger charge is -2.36. The maximum atomic E-state index is 14.9. The van der Waals surface area contributed by atoms with Gasteiger partial charge in [0.2, 0.25) is 5.91 Å². The van der Waals surface area contributed by atoms with E-state index in [1.165, 1.54) is 4.90 Å². The molecule has 0 spiro atoms. The van der Waals surface area contributed by atoms with E-state index < -0.39 is 39.6 Å². The minimum atomic E-state index is -1.69. The number of benzene rings is 1. The number of ether oxygens (including phenoxy) is 1. The van der Waals surface area contributed by atoms with Crippen LogP contribution in [0.4, 0.5) is 14.5 Å². The summed E-state index contributed by atoms with van der Waals surface area (Å²) in [6.45, 7) is 2.34. The van der Waals surface area contributed by atoms with Crippen LogP contribution in [-0.2, 0) is 32.1 Å². The summed E-state index contributed by atoms with van der Waals surface area (Å²) in [6.07, 6.45) is 3.96. The molecule has 1 aliphatic heterocycles. The lowest BCUT2D eigenvalue weighted by Crippen LogP contribution is -2.45. The number of halogens is 2. The maximum absolute atomic E-state index is 14.9. The van der Waals surface area contributed by atoms with E-state index in [2.05, 4.69) is 10.3 Å². The Kier molecular flexibility index (Phi) is 9.25. The Morgan fingerprint density at radius 1 is 1.19 bits per heavy atom. The summed E-state index contributed by atoms with van der Waals surface area (Å²) >= 11 is 0. The summed E-state index contributed by atoms with van der Waals surface area (Å²) in [5.41, 5.74) is 1.75. The first-order chi connectivity index (χ1) is 17.5. The van der Waals surface area contributed by atoms with E-state index in [1.807, 2.05) is 19.4 Å². The van der Waals surface area contributed by atoms with Crippen molar-refractivity contribution in [2.45, 2.75) is 50.2 Å². The first-order valence-electron chi connectivity index (χ1n) is 12.0. The van der Waals surface area contributed by atoms with Crippen molar-refractivity contribution in [2.24, 2.45) is 0 Å². The molecule has 2 N–H and O–H groups in total. The number of rotatable bonds is 10. The third kappa shape index (κ3) is 6.64. The van der Waals surface area contributed by atoms with Crippen molar-refractivity contribution >= 4 is 33.5 Å². The molecule has 202 valence electrons. The van der Waals surface area contributed by atoms with Gasteiger partial charge in [-0.2, -0.15) is 0 Å². The Morgan fingerprint density at radius 2 is 1.86 bits per heavy atom.